The summed E-state index contributed by atoms with van der Waals surface area (Å²) < 4.78 is 0. The molecule has 3 nitrogen and oxygen atoms in total. The number of rotatable bonds is 3. The average molecular weight is 349 g/mol. The van der Waals surface area contributed by atoms with Crippen molar-refractivity contribution in [1.29, 1.82) is 0 Å². The first-order valence-electron chi connectivity index (χ1n) is 8.02. The minimum atomic E-state index is 0. The number of carbonyl (C=O) groups is 1. The van der Waals surface area contributed by atoms with E-state index >= 15 is 0 Å². The summed E-state index contributed by atoms with van der Waals surface area (Å²) in [7, 11) is 0. The smallest absolute Gasteiger partial charge is 0.261 e. The maximum atomic E-state index is 12.4. The van der Waals surface area contributed by atoms with Crippen LogP contribution in [-0.2, 0) is 19.3 Å². The van der Waals surface area contributed by atoms with Crippen molar-refractivity contribution in [1.82, 2.24) is 10.6 Å². The molecule has 23 heavy (non-hydrogen) atoms. The Hall–Kier alpha value is -1.36. The zero-order chi connectivity index (χ0) is 14.9. The predicted octanol–water partition coefficient (Wildman–Crippen LogP) is 3.28. The molecule has 1 aliphatic carbocycles. The molecule has 2 aromatic rings. The number of carbonyl (C=O) groups excluding carboxylic acids is 1. The Morgan fingerprint density at radius 1 is 1.22 bits per heavy atom. The Bertz CT molecular complexity index is 691. The molecule has 4 rings (SSSR count). The van der Waals surface area contributed by atoms with Crippen molar-refractivity contribution in [3.8, 4) is 0 Å². The molecule has 0 spiro atoms. The highest BCUT2D eigenvalue weighted by molar-refractivity contribution is 7.14. The van der Waals surface area contributed by atoms with Gasteiger partial charge in [0, 0.05) is 17.5 Å². The van der Waals surface area contributed by atoms with Gasteiger partial charge >= 0.3 is 0 Å². The van der Waals surface area contributed by atoms with E-state index in [0.717, 1.165) is 30.7 Å². The molecule has 1 aliphatic heterocycles. The molecule has 2 heterocycles. The highest BCUT2D eigenvalue weighted by atomic mass is 35.5. The van der Waals surface area contributed by atoms with E-state index in [-0.39, 0.29) is 24.4 Å². The zero-order valence-corrected chi connectivity index (χ0v) is 14.6. The summed E-state index contributed by atoms with van der Waals surface area (Å²) in [4.78, 5) is 14.7. The van der Waals surface area contributed by atoms with Crippen molar-refractivity contribution in [2.75, 3.05) is 13.1 Å². The van der Waals surface area contributed by atoms with Crippen molar-refractivity contribution in [2.45, 2.75) is 31.7 Å². The van der Waals surface area contributed by atoms with Crippen LogP contribution in [0.1, 0.15) is 43.7 Å². The standard InChI is InChI=1S/C18H20N2OS.ClH/c21-18(17-10-13-5-3-7-16(13)22-17)20-11-15-14-6-2-1-4-12(14)8-9-19-15;/h1-2,4,6,10,15,19H,3,5,7-9,11H2,(H,20,21);1H. The van der Waals surface area contributed by atoms with Gasteiger partial charge in [-0.3, -0.25) is 4.79 Å². The van der Waals surface area contributed by atoms with Gasteiger partial charge in [0.1, 0.15) is 0 Å². The minimum absolute atomic E-state index is 0. The third-order valence-corrected chi connectivity index (χ3v) is 5.89. The lowest BCUT2D eigenvalue weighted by Crippen LogP contribution is -2.38. The van der Waals surface area contributed by atoms with E-state index in [1.54, 1.807) is 11.3 Å². The first-order valence-corrected chi connectivity index (χ1v) is 8.84. The summed E-state index contributed by atoms with van der Waals surface area (Å²) in [6.07, 6.45) is 4.59. The number of nitrogens with one attached hydrogen (secondary N) is 2. The summed E-state index contributed by atoms with van der Waals surface area (Å²) in [5.41, 5.74) is 4.11. The molecule has 1 unspecified atom stereocenters. The third-order valence-electron chi connectivity index (χ3n) is 4.65. The van der Waals surface area contributed by atoms with Gasteiger partial charge in [-0.2, -0.15) is 0 Å². The maximum absolute atomic E-state index is 12.4. The van der Waals surface area contributed by atoms with Crippen LogP contribution >= 0.6 is 23.7 Å². The Morgan fingerprint density at radius 2 is 2.09 bits per heavy atom. The quantitative estimate of drug-likeness (QED) is 0.893. The average Bonchev–Trinajstić information content (AvgIpc) is 3.14. The normalized spacial score (nSPS) is 18.7. The molecule has 0 radical (unpaired) electrons. The van der Waals surface area contributed by atoms with E-state index in [1.807, 2.05) is 0 Å². The van der Waals surface area contributed by atoms with Crippen LogP contribution < -0.4 is 10.6 Å². The third kappa shape index (κ3) is 3.30. The van der Waals surface area contributed by atoms with Gasteiger partial charge in [0.25, 0.3) is 5.91 Å². The molecular formula is C18H21ClN2OS. The van der Waals surface area contributed by atoms with Gasteiger partial charge in [0.2, 0.25) is 0 Å². The lowest BCUT2D eigenvalue weighted by atomic mass is 9.94. The Kier molecular flexibility index (Phi) is 5.05. The molecule has 1 aromatic heterocycles. The Balaban J connectivity index is 0.00000156. The molecule has 122 valence electrons. The largest absolute Gasteiger partial charge is 0.349 e. The lowest BCUT2D eigenvalue weighted by Gasteiger charge is -2.27. The van der Waals surface area contributed by atoms with Crippen LogP contribution in [-0.4, -0.2) is 19.0 Å². The van der Waals surface area contributed by atoms with Crippen LogP contribution in [0, 0.1) is 0 Å². The van der Waals surface area contributed by atoms with Crippen molar-refractivity contribution in [3.63, 3.8) is 0 Å². The van der Waals surface area contributed by atoms with Gasteiger partial charge in [-0.15, -0.1) is 23.7 Å². The zero-order valence-electron chi connectivity index (χ0n) is 12.9. The number of benzene rings is 1. The first-order chi connectivity index (χ1) is 10.8. The van der Waals surface area contributed by atoms with Crippen LogP contribution in [0.15, 0.2) is 30.3 Å². The van der Waals surface area contributed by atoms with Gasteiger partial charge < -0.3 is 10.6 Å². The van der Waals surface area contributed by atoms with Gasteiger partial charge in [-0.25, -0.2) is 0 Å². The fraction of sp³-hybridized carbons (Fsp3) is 0.389. The van der Waals surface area contributed by atoms with Crippen molar-refractivity contribution in [3.05, 3.63) is 56.8 Å². The fourth-order valence-corrected chi connectivity index (χ4v) is 4.67. The highest BCUT2D eigenvalue weighted by Gasteiger charge is 2.22. The number of thiophene rings is 1. The summed E-state index contributed by atoms with van der Waals surface area (Å²) >= 11 is 1.67. The van der Waals surface area contributed by atoms with Gasteiger partial charge in [-0.05, 0) is 55.0 Å². The van der Waals surface area contributed by atoms with Crippen molar-refractivity contribution >= 4 is 29.7 Å². The van der Waals surface area contributed by atoms with Crippen LogP contribution in [0.25, 0.3) is 0 Å². The van der Waals surface area contributed by atoms with E-state index in [2.05, 4.69) is 41.0 Å². The summed E-state index contributed by atoms with van der Waals surface area (Å²) in [6.45, 7) is 1.63. The SMILES string of the molecule is Cl.O=C(NCC1NCCc2ccccc21)c1cc2c(s1)CCC2. The molecule has 0 bridgehead atoms. The van der Waals surface area contributed by atoms with E-state index < -0.39 is 0 Å². The summed E-state index contributed by atoms with van der Waals surface area (Å²) in [5.74, 6) is 0.0734. The van der Waals surface area contributed by atoms with Crippen LogP contribution in [0.3, 0.4) is 0 Å². The molecule has 0 fully saturated rings. The van der Waals surface area contributed by atoms with Gasteiger partial charge in [0.15, 0.2) is 0 Å². The Morgan fingerprint density at radius 3 is 2.96 bits per heavy atom. The van der Waals surface area contributed by atoms with Crippen LogP contribution in [0.2, 0.25) is 0 Å². The second-order valence-corrected chi connectivity index (χ2v) is 7.21. The van der Waals surface area contributed by atoms with Crippen molar-refractivity contribution < 1.29 is 4.79 Å². The number of aryl methyl sites for hydroxylation is 2. The molecule has 2 aliphatic rings. The van der Waals surface area contributed by atoms with Crippen LogP contribution in [0.5, 0.6) is 0 Å². The number of fused-ring (bicyclic) bond motifs is 2. The molecule has 0 saturated carbocycles. The van der Waals surface area contributed by atoms with Crippen LogP contribution in [0.4, 0.5) is 0 Å². The minimum Gasteiger partial charge on any atom is -0.349 e. The Labute approximate surface area is 146 Å². The topological polar surface area (TPSA) is 41.1 Å². The molecule has 1 aromatic carbocycles. The van der Waals surface area contributed by atoms with Crippen molar-refractivity contribution in [2.24, 2.45) is 0 Å². The molecule has 2 N–H and O–H groups in total. The summed E-state index contributed by atoms with van der Waals surface area (Å²) in [5, 5.41) is 6.62. The molecule has 1 amide bonds. The van der Waals surface area contributed by atoms with E-state index in [1.165, 1.54) is 28.0 Å². The van der Waals surface area contributed by atoms with E-state index in [4.69, 9.17) is 0 Å². The maximum Gasteiger partial charge on any atom is 0.261 e. The molecule has 1 atom stereocenters. The number of hydrogen-bond acceptors (Lipinski definition) is 3. The second-order valence-electron chi connectivity index (χ2n) is 6.08. The number of amides is 1. The number of halogens is 1. The van der Waals surface area contributed by atoms with E-state index in [9.17, 15) is 4.79 Å². The number of hydrogen-bond donors (Lipinski definition) is 2. The monoisotopic (exact) mass is 348 g/mol. The van der Waals surface area contributed by atoms with Gasteiger partial charge in [-0.1, -0.05) is 24.3 Å². The molecular weight excluding hydrogens is 328 g/mol. The molecule has 0 saturated heterocycles. The molecule has 5 heteroatoms. The highest BCUT2D eigenvalue weighted by Crippen LogP contribution is 2.30. The lowest BCUT2D eigenvalue weighted by molar-refractivity contribution is 0.0953. The predicted molar refractivity (Wildman–Crippen MR) is 96.8 cm³/mol. The fourth-order valence-electron chi connectivity index (χ4n) is 3.50. The first kappa shape index (κ1) is 16.5. The second kappa shape index (κ2) is 7.04. The summed E-state index contributed by atoms with van der Waals surface area (Å²) in [6, 6.07) is 10.8. The van der Waals surface area contributed by atoms with Gasteiger partial charge in [0.05, 0.1) is 4.88 Å². The van der Waals surface area contributed by atoms with E-state index in [0.29, 0.717) is 6.54 Å².